The van der Waals surface area contributed by atoms with Gasteiger partial charge >= 0.3 is 0 Å². The summed E-state index contributed by atoms with van der Waals surface area (Å²) in [4.78, 5) is 0. The van der Waals surface area contributed by atoms with E-state index in [1.165, 1.54) is 32.1 Å². The molecule has 0 heterocycles. The third-order valence-electron chi connectivity index (χ3n) is 3.76. The van der Waals surface area contributed by atoms with Gasteiger partial charge in [0.15, 0.2) is 0 Å². The summed E-state index contributed by atoms with van der Waals surface area (Å²) in [5, 5.41) is 12.1. The smallest absolute Gasteiger partial charge is 0.0556 e. The van der Waals surface area contributed by atoms with Gasteiger partial charge in [0.1, 0.15) is 0 Å². The van der Waals surface area contributed by atoms with Crippen molar-refractivity contribution >= 4 is 0 Å². The van der Waals surface area contributed by atoms with E-state index in [4.69, 9.17) is 5.11 Å². The van der Waals surface area contributed by atoms with Gasteiger partial charge < -0.3 is 10.4 Å². The van der Waals surface area contributed by atoms with Gasteiger partial charge in [0.2, 0.25) is 0 Å². The first kappa shape index (κ1) is 12.0. The Labute approximate surface area is 88.1 Å². The molecular formula is C12H25NO. The highest BCUT2D eigenvalue weighted by Crippen LogP contribution is 2.31. The predicted octanol–water partition coefficient (Wildman–Crippen LogP) is 2.17. The summed E-state index contributed by atoms with van der Waals surface area (Å²) in [6.07, 6.45) is 7.09. The van der Waals surface area contributed by atoms with E-state index in [0.29, 0.717) is 6.04 Å². The van der Waals surface area contributed by atoms with Gasteiger partial charge in [0.05, 0.1) is 6.61 Å². The third-order valence-corrected chi connectivity index (χ3v) is 3.76. The van der Waals surface area contributed by atoms with E-state index in [1.54, 1.807) is 0 Å². The van der Waals surface area contributed by atoms with E-state index < -0.39 is 0 Å². The Morgan fingerprint density at radius 1 is 1.21 bits per heavy atom. The Morgan fingerprint density at radius 2 is 1.86 bits per heavy atom. The van der Waals surface area contributed by atoms with Crippen LogP contribution < -0.4 is 5.32 Å². The van der Waals surface area contributed by atoms with Gasteiger partial charge in [-0.25, -0.2) is 0 Å². The lowest BCUT2D eigenvalue weighted by atomic mass is 9.78. The average molecular weight is 199 g/mol. The van der Waals surface area contributed by atoms with Crippen LogP contribution in [0, 0.1) is 11.8 Å². The lowest BCUT2D eigenvalue weighted by molar-refractivity contribution is 0.208. The van der Waals surface area contributed by atoms with Crippen molar-refractivity contribution in [1.29, 1.82) is 0 Å². The summed E-state index contributed by atoms with van der Waals surface area (Å²) < 4.78 is 0. The van der Waals surface area contributed by atoms with E-state index >= 15 is 0 Å². The lowest BCUT2D eigenvalue weighted by Crippen LogP contribution is -2.38. The summed E-state index contributed by atoms with van der Waals surface area (Å²) in [5.74, 6) is 1.66. The minimum atomic E-state index is 0.252. The molecule has 2 nitrogen and oxygen atoms in total. The van der Waals surface area contributed by atoms with Crippen LogP contribution in [0.4, 0.5) is 0 Å². The van der Waals surface area contributed by atoms with Crippen molar-refractivity contribution in [2.24, 2.45) is 11.8 Å². The van der Waals surface area contributed by atoms with E-state index in [-0.39, 0.29) is 6.61 Å². The van der Waals surface area contributed by atoms with Gasteiger partial charge in [-0.05, 0) is 18.8 Å². The predicted molar refractivity (Wildman–Crippen MR) is 60.3 cm³/mol. The maximum atomic E-state index is 8.74. The van der Waals surface area contributed by atoms with Gasteiger partial charge in [-0.15, -0.1) is 0 Å². The number of hydrogen-bond acceptors (Lipinski definition) is 2. The first-order chi connectivity index (χ1) is 6.75. The van der Waals surface area contributed by atoms with Crippen LogP contribution in [0.25, 0.3) is 0 Å². The largest absolute Gasteiger partial charge is 0.395 e. The van der Waals surface area contributed by atoms with E-state index in [0.717, 1.165) is 18.4 Å². The number of aliphatic hydroxyl groups is 1. The molecule has 0 aromatic carbocycles. The zero-order chi connectivity index (χ0) is 10.4. The standard InChI is InChI=1S/C12H25NO/c1-10(11(2)13-8-9-14)12-6-4-3-5-7-12/h10-14H,3-9H2,1-2H3. The monoisotopic (exact) mass is 199 g/mol. The van der Waals surface area contributed by atoms with Crippen LogP contribution >= 0.6 is 0 Å². The summed E-state index contributed by atoms with van der Waals surface area (Å²) in [6, 6.07) is 0.547. The number of rotatable bonds is 5. The zero-order valence-corrected chi connectivity index (χ0v) is 9.63. The molecule has 14 heavy (non-hydrogen) atoms. The quantitative estimate of drug-likeness (QED) is 0.711. The highest BCUT2D eigenvalue weighted by atomic mass is 16.3. The molecule has 0 amide bonds. The highest BCUT2D eigenvalue weighted by Gasteiger charge is 2.23. The molecule has 0 spiro atoms. The first-order valence-corrected chi connectivity index (χ1v) is 6.10. The molecule has 84 valence electrons. The SMILES string of the molecule is CC(NCCO)C(C)C1CCCCC1. The topological polar surface area (TPSA) is 32.3 Å². The molecule has 0 radical (unpaired) electrons. The van der Waals surface area contributed by atoms with Crippen LogP contribution in [0.2, 0.25) is 0 Å². The van der Waals surface area contributed by atoms with Crippen LogP contribution in [-0.2, 0) is 0 Å². The van der Waals surface area contributed by atoms with E-state index in [2.05, 4.69) is 19.2 Å². The highest BCUT2D eigenvalue weighted by molar-refractivity contribution is 4.78. The Bertz CT molecular complexity index is 143. The molecule has 0 aliphatic heterocycles. The van der Waals surface area contributed by atoms with Gasteiger partial charge in [0.25, 0.3) is 0 Å². The van der Waals surface area contributed by atoms with Crippen LogP contribution in [0.15, 0.2) is 0 Å². The molecule has 0 bridgehead atoms. The fraction of sp³-hybridized carbons (Fsp3) is 1.00. The second kappa shape index (κ2) is 6.41. The molecule has 0 aromatic heterocycles. The molecule has 2 atom stereocenters. The first-order valence-electron chi connectivity index (χ1n) is 6.10. The summed E-state index contributed by atoms with van der Waals surface area (Å²) in [6.45, 7) is 5.58. The molecule has 0 aromatic rings. The van der Waals surface area contributed by atoms with Crippen LogP contribution in [0.5, 0.6) is 0 Å². The normalized spacial score (nSPS) is 23.4. The Kier molecular flexibility index (Phi) is 5.49. The maximum Gasteiger partial charge on any atom is 0.0556 e. The molecule has 2 N–H and O–H groups in total. The van der Waals surface area contributed by atoms with Gasteiger partial charge in [-0.2, -0.15) is 0 Å². The molecule has 1 aliphatic rings. The van der Waals surface area contributed by atoms with Crippen LogP contribution in [-0.4, -0.2) is 24.3 Å². The number of aliphatic hydroxyl groups excluding tert-OH is 1. The fourth-order valence-electron chi connectivity index (χ4n) is 2.55. The molecule has 1 rings (SSSR count). The average Bonchev–Trinajstić information content (AvgIpc) is 2.26. The van der Waals surface area contributed by atoms with E-state index in [9.17, 15) is 0 Å². The molecule has 1 saturated carbocycles. The summed E-state index contributed by atoms with van der Waals surface area (Å²) in [7, 11) is 0. The maximum absolute atomic E-state index is 8.74. The second-order valence-electron chi connectivity index (χ2n) is 4.72. The lowest BCUT2D eigenvalue weighted by Gasteiger charge is -2.32. The second-order valence-corrected chi connectivity index (χ2v) is 4.72. The zero-order valence-electron chi connectivity index (χ0n) is 9.63. The molecule has 2 heteroatoms. The van der Waals surface area contributed by atoms with Gasteiger partial charge in [0, 0.05) is 12.6 Å². The Morgan fingerprint density at radius 3 is 2.43 bits per heavy atom. The summed E-state index contributed by atoms with van der Waals surface area (Å²) >= 11 is 0. The van der Waals surface area contributed by atoms with Crippen LogP contribution in [0.1, 0.15) is 46.0 Å². The van der Waals surface area contributed by atoms with Crippen molar-refractivity contribution in [2.45, 2.75) is 52.0 Å². The fourth-order valence-corrected chi connectivity index (χ4v) is 2.55. The molecule has 1 aliphatic carbocycles. The minimum absolute atomic E-state index is 0.252. The van der Waals surface area contributed by atoms with Crippen molar-refractivity contribution in [3.05, 3.63) is 0 Å². The Balaban J connectivity index is 2.26. The van der Waals surface area contributed by atoms with Gasteiger partial charge in [-0.1, -0.05) is 39.0 Å². The van der Waals surface area contributed by atoms with Crippen LogP contribution in [0.3, 0.4) is 0 Å². The number of hydrogen-bond donors (Lipinski definition) is 2. The third kappa shape index (κ3) is 3.58. The van der Waals surface area contributed by atoms with Crippen molar-refractivity contribution in [1.82, 2.24) is 5.32 Å². The van der Waals surface area contributed by atoms with Crippen molar-refractivity contribution < 1.29 is 5.11 Å². The van der Waals surface area contributed by atoms with E-state index in [1.807, 2.05) is 0 Å². The Hall–Kier alpha value is -0.0800. The van der Waals surface area contributed by atoms with Gasteiger partial charge in [-0.3, -0.25) is 0 Å². The molecule has 1 fully saturated rings. The molecule has 0 saturated heterocycles. The summed E-state index contributed by atoms with van der Waals surface area (Å²) in [5.41, 5.74) is 0. The molecular weight excluding hydrogens is 174 g/mol. The van der Waals surface area contributed by atoms with Crippen molar-refractivity contribution in [3.8, 4) is 0 Å². The van der Waals surface area contributed by atoms with Crippen molar-refractivity contribution in [3.63, 3.8) is 0 Å². The minimum Gasteiger partial charge on any atom is -0.395 e. The number of nitrogens with one attached hydrogen (secondary N) is 1. The molecule has 2 unspecified atom stereocenters. The van der Waals surface area contributed by atoms with Crippen molar-refractivity contribution in [2.75, 3.05) is 13.2 Å².